The fourth-order valence-electron chi connectivity index (χ4n) is 1.21. The smallest absolute Gasteiger partial charge is 0.316 e. The standard InChI is InChI=1S/C11H13NO5S/c1-17-9-4-2-8(3-5-9)12-10(13)6-18(16)7-11(14)15/h2-5H,6-7H2,1H3,(H,12,13)(H,14,15). The summed E-state index contributed by atoms with van der Waals surface area (Å²) in [6.45, 7) is 0. The highest BCUT2D eigenvalue weighted by Crippen LogP contribution is 2.14. The van der Waals surface area contributed by atoms with E-state index in [0.717, 1.165) is 0 Å². The van der Waals surface area contributed by atoms with E-state index in [1.807, 2.05) is 0 Å². The average Bonchev–Trinajstić information content (AvgIpc) is 2.28. The lowest BCUT2D eigenvalue weighted by Crippen LogP contribution is -2.23. The first kappa shape index (κ1) is 14.2. The quantitative estimate of drug-likeness (QED) is 0.784. The first-order valence-electron chi connectivity index (χ1n) is 5.02. The summed E-state index contributed by atoms with van der Waals surface area (Å²) in [5.41, 5.74) is 0.535. The van der Waals surface area contributed by atoms with Crippen LogP contribution in [0.2, 0.25) is 0 Å². The second-order valence-corrected chi connectivity index (χ2v) is 4.86. The normalized spacial score (nSPS) is 11.6. The summed E-state index contributed by atoms with van der Waals surface area (Å²) < 4.78 is 16.2. The summed E-state index contributed by atoms with van der Waals surface area (Å²) in [4.78, 5) is 21.7. The Balaban J connectivity index is 2.48. The van der Waals surface area contributed by atoms with Crippen LogP contribution in [-0.4, -0.2) is 39.8 Å². The molecule has 1 aromatic carbocycles. The van der Waals surface area contributed by atoms with Gasteiger partial charge >= 0.3 is 5.97 Å². The van der Waals surface area contributed by atoms with Crippen LogP contribution >= 0.6 is 0 Å². The molecule has 1 rings (SSSR count). The predicted octanol–water partition coefficient (Wildman–Crippen LogP) is 0.467. The Hall–Kier alpha value is -1.89. The van der Waals surface area contributed by atoms with Gasteiger partial charge in [-0.15, -0.1) is 0 Å². The maximum atomic E-state index is 11.4. The second kappa shape index (κ2) is 6.75. The zero-order valence-corrected chi connectivity index (χ0v) is 10.5. The molecule has 0 saturated carbocycles. The van der Waals surface area contributed by atoms with Crippen LogP contribution < -0.4 is 10.1 Å². The molecule has 1 atom stereocenters. The minimum absolute atomic E-state index is 0.335. The molecule has 18 heavy (non-hydrogen) atoms. The number of anilines is 1. The highest BCUT2D eigenvalue weighted by atomic mass is 32.2. The van der Waals surface area contributed by atoms with E-state index in [0.29, 0.717) is 11.4 Å². The molecule has 0 aromatic heterocycles. The van der Waals surface area contributed by atoms with Crippen LogP contribution in [0.1, 0.15) is 0 Å². The molecule has 98 valence electrons. The van der Waals surface area contributed by atoms with Gasteiger partial charge in [0.15, 0.2) is 0 Å². The van der Waals surface area contributed by atoms with Crippen LogP contribution in [-0.2, 0) is 20.4 Å². The van der Waals surface area contributed by atoms with Gasteiger partial charge < -0.3 is 15.2 Å². The molecule has 0 bridgehead atoms. The fourth-order valence-corrected chi connectivity index (χ4v) is 1.95. The summed E-state index contributed by atoms with van der Waals surface area (Å²) in [6, 6.07) is 6.61. The van der Waals surface area contributed by atoms with E-state index in [-0.39, 0.29) is 5.75 Å². The fraction of sp³-hybridized carbons (Fsp3) is 0.273. The van der Waals surface area contributed by atoms with Gasteiger partial charge in [-0.2, -0.15) is 0 Å². The highest BCUT2D eigenvalue weighted by molar-refractivity contribution is 7.86. The van der Waals surface area contributed by atoms with Crippen molar-refractivity contribution in [2.75, 3.05) is 23.9 Å². The first-order valence-corrected chi connectivity index (χ1v) is 6.50. The Morgan fingerprint density at radius 3 is 2.39 bits per heavy atom. The number of benzene rings is 1. The van der Waals surface area contributed by atoms with Gasteiger partial charge in [-0.25, -0.2) is 0 Å². The molecule has 2 N–H and O–H groups in total. The highest BCUT2D eigenvalue weighted by Gasteiger charge is 2.11. The van der Waals surface area contributed by atoms with Crippen LogP contribution in [0.4, 0.5) is 5.69 Å². The number of methoxy groups -OCH3 is 1. The van der Waals surface area contributed by atoms with Crippen molar-refractivity contribution >= 4 is 28.4 Å². The molecular formula is C11H13NO5S. The van der Waals surface area contributed by atoms with Crippen molar-refractivity contribution in [1.29, 1.82) is 0 Å². The van der Waals surface area contributed by atoms with Gasteiger partial charge in [-0.05, 0) is 24.3 Å². The van der Waals surface area contributed by atoms with Crippen LogP contribution in [0.5, 0.6) is 5.75 Å². The Kier molecular flexibility index (Phi) is 5.31. The average molecular weight is 271 g/mol. The minimum Gasteiger partial charge on any atom is -0.497 e. The molecule has 7 heteroatoms. The molecule has 0 aliphatic heterocycles. The number of ether oxygens (including phenoxy) is 1. The van der Waals surface area contributed by atoms with E-state index in [1.54, 1.807) is 24.3 Å². The van der Waals surface area contributed by atoms with Crippen molar-refractivity contribution < 1.29 is 23.6 Å². The molecule has 1 aromatic rings. The number of hydrogen-bond acceptors (Lipinski definition) is 4. The lowest BCUT2D eigenvalue weighted by Gasteiger charge is -2.05. The summed E-state index contributed by atoms with van der Waals surface area (Å²) in [5, 5.41) is 10.9. The largest absolute Gasteiger partial charge is 0.497 e. The number of aliphatic carboxylic acids is 1. The SMILES string of the molecule is COc1ccc(NC(=O)CS(=O)CC(=O)O)cc1. The third-order valence-corrected chi connectivity index (χ3v) is 3.10. The maximum absolute atomic E-state index is 11.4. The van der Waals surface area contributed by atoms with Crippen LogP contribution in [0, 0.1) is 0 Å². The topological polar surface area (TPSA) is 92.7 Å². The number of amides is 1. The molecule has 1 amide bonds. The van der Waals surface area contributed by atoms with Gasteiger partial charge in [0.2, 0.25) is 5.91 Å². The van der Waals surface area contributed by atoms with Crippen LogP contribution in [0.15, 0.2) is 24.3 Å². The summed E-state index contributed by atoms with van der Waals surface area (Å²) in [6.07, 6.45) is 0. The molecule has 0 spiro atoms. The minimum atomic E-state index is -1.70. The number of nitrogens with one attached hydrogen (secondary N) is 1. The number of carbonyl (C=O) groups excluding carboxylic acids is 1. The second-order valence-electron chi connectivity index (χ2n) is 3.40. The predicted molar refractivity (Wildman–Crippen MR) is 67.1 cm³/mol. The Morgan fingerprint density at radius 1 is 1.28 bits per heavy atom. The number of rotatable bonds is 6. The van der Waals surface area contributed by atoms with Crippen molar-refractivity contribution in [1.82, 2.24) is 0 Å². The zero-order valence-electron chi connectivity index (χ0n) is 9.71. The molecular weight excluding hydrogens is 258 g/mol. The summed E-state index contributed by atoms with van der Waals surface area (Å²) in [7, 11) is -0.166. The number of carbonyl (C=O) groups is 2. The Morgan fingerprint density at radius 2 is 1.89 bits per heavy atom. The van der Waals surface area contributed by atoms with Crippen molar-refractivity contribution in [3.05, 3.63) is 24.3 Å². The van der Waals surface area contributed by atoms with Crippen molar-refractivity contribution in [2.24, 2.45) is 0 Å². The van der Waals surface area contributed by atoms with E-state index >= 15 is 0 Å². The number of carboxylic acids is 1. The first-order chi connectivity index (χ1) is 8.51. The summed E-state index contributed by atoms with van der Waals surface area (Å²) in [5.74, 6) is -1.89. The Bertz CT molecular complexity index is 457. The van der Waals surface area contributed by atoms with E-state index in [1.165, 1.54) is 7.11 Å². The number of carboxylic acid groups (broad SMARTS) is 1. The molecule has 0 radical (unpaired) electrons. The molecule has 0 heterocycles. The monoisotopic (exact) mass is 271 g/mol. The van der Waals surface area contributed by atoms with E-state index in [2.05, 4.69) is 5.32 Å². The van der Waals surface area contributed by atoms with Gasteiger partial charge in [0, 0.05) is 16.5 Å². The third-order valence-electron chi connectivity index (χ3n) is 1.95. The zero-order chi connectivity index (χ0) is 13.5. The van der Waals surface area contributed by atoms with E-state index in [9.17, 15) is 13.8 Å². The Labute approximate surface area is 106 Å². The molecule has 0 saturated heterocycles. The maximum Gasteiger partial charge on any atom is 0.316 e. The summed E-state index contributed by atoms with van der Waals surface area (Å²) >= 11 is 0. The van der Waals surface area contributed by atoms with Crippen molar-refractivity contribution in [3.8, 4) is 5.75 Å². The van der Waals surface area contributed by atoms with E-state index in [4.69, 9.17) is 9.84 Å². The lowest BCUT2D eigenvalue weighted by molar-refractivity contribution is -0.133. The number of hydrogen-bond donors (Lipinski definition) is 2. The molecule has 6 nitrogen and oxygen atoms in total. The lowest BCUT2D eigenvalue weighted by atomic mass is 10.3. The van der Waals surface area contributed by atoms with Gasteiger partial charge in [0.1, 0.15) is 17.3 Å². The van der Waals surface area contributed by atoms with Crippen LogP contribution in [0.3, 0.4) is 0 Å². The molecule has 0 fully saturated rings. The van der Waals surface area contributed by atoms with Gasteiger partial charge in [-0.1, -0.05) is 0 Å². The van der Waals surface area contributed by atoms with Crippen molar-refractivity contribution in [2.45, 2.75) is 0 Å². The van der Waals surface area contributed by atoms with Gasteiger partial charge in [0.05, 0.1) is 7.11 Å². The van der Waals surface area contributed by atoms with E-state index < -0.39 is 28.4 Å². The van der Waals surface area contributed by atoms with Gasteiger partial charge in [0.25, 0.3) is 0 Å². The molecule has 1 unspecified atom stereocenters. The van der Waals surface area contributed by atoms with Crippen LogP contribution in [0.25, 0.3) is 0 Å². The van der Waals surface area contributed by atoms with Crippen molar-refractivity contribution in [3.63, 3.8) is 0 Å². The third kappa shape index (κ3) is 4.96. The van der Waals surface area contributed by atoms with Gasteiger partial charge in [-0.3, -0.25) is 13.8 Å². The molecule has 0 aliphatic rings. The molecule has 0 aliphatic carbocycles.